The first-order valence-electron chi connectivity index (χ1n) is 18.4. The fourth-order valence-corrected chi connectivity index (χ4v) is 7.17. The Morgan fingerprint density at radius 3 is 2.44 bits per heavy atom. The van der Waals surface area contributed by atoms with Gasteiger partial charge in [-0.15, -0.1) is 0 Å². The van der Waals surface area contributed by atoms with Crippen molar-refractivity contribution in [1.29, 1.82) is 0 Å². The van der Waals surface area contributed by atoms with Crippen LogP contribution in [0.25, 0.3) is 33.5 Å². The van der Waals surface area contributed by atoms with E-state index < -0.39 is 5.41 Å². The molecule has 4 heterocycles. The van der Waals surface area contributed by atoms with Crippen molar-refractivity contribution in [2.24, 2.45) is 5.41 Å². The molecule has 1 saturated carbocycles. The average Bonchev–Trinajstić information content (AvgIpc) is 3.91. The van der Waals surface area contributed by atoms with Gasteiger partial charge in [0.1, 0.15) is 18.0 Å². The zero-order valence-electron chi connectivity index (χ0n) is 30.8. The van der Waals surface area contributed by atoms with E-state index in [0.717, 1.165) is 66.2 Å². The Morgan fingerprint density at radius 1 is 0.942 bits per heavy atom. The molecule has 2 fully saturated rings. The number of likely N-dealkylation sites (N-methyl/N-ethyl adjacent to an activating group) is 1. The number of piperazine rings is 1. The molecule has 1 saturated heterocycles. The normalized spacial score (nSPS) is 17.2. The maximum absolute atomic E-state index is 14.1. The third-order valence-electron chi connectivity index (χ3n) is 10.6. The first-order valence-corrected chi connectivity index (χ1v) is 18.4. The molecule has 2 aliphatic heterocycles. The molecule has 2 aromatic heterocycles. The van der Waals surface area contributed by atoms with E-state index in [1.807, 2.05) is 62.9 Å². The molecule has 268 valence electrons. The van der Waals surface area contributed by atoms with Crippen LogP contribution in [-0.2, 0) is 11.3 Å². The third kappa shape index (κ3) is 6.80. The summed E-state index contributed by atoms with van der Waals surface area (Å²) >= 11 is 0. The number of nitrogens with zero attached hydrogens (tertiary/aromatic N) is 5. The number of benzene rings is 3. The van der Waals surface area contributed by atoms with Gasteiger partial charge in [0.25, 0.3) is 5.91 Å². The van der Waals surface area contributed by atoms with E-state index in [1.54, 1.807) is 0 Å². The molecule has 2 amide bonds. The number of hydrogen-bond acceptors (Lipinski definition) is 7. The van der Waals surface area contributed by atoms with Gasteiger partial charge in [-0.05, 0) is 79.3 Å². The predicted octanol–water partition coefficient (Wildman–Crippen LogP) is 7.25. The number of hydrogen-bond donors (Lipinski definition) is 2. The van der Waals surface area contributed by atoms with Gasteiger partial charge in [0, 0.05) is 60.5 Å². The number of amides is 2. The van der Waals surface area contributed by atoms with Crippen molar-refractivity contribution in [3.8, 4) is 28.3 Å². The van der Waals surface area contributed by atoms with Crippen LogP contribution < -0.4 is 15.0 Å². The van der Waals surface area contributed by atoms with E-state index in [1.165, 1.54) is 24.0 Å². The third-order valence-corrected chi connectivity index (χ3v) is 10.6. The highest BCUT2D eigenvalue weighted by Crippen LogP contribution is 2.43. The van der Waals surface area contributed by atoms with E-state index >= 15 is 0 Å². The van der Waals surface area contributed by atoms with Crippen molar-refractivity contribution in [3.05, 3.63) is 89.0 Å². The summed E-state index contributed by atoms with van der Waals surface area (Å²) in [6, 6.07) is 22.8. The van der Waals surface area contributed by atoms with Gasteiger partial charge in [0.2, 0.25) is 11.9 Å². The van der Waals surface area contributed by atoms with Gasteiger partial charge in [-0.25, -0.2) is 4.98 Å². The molecule has 52 heavy (non-hydrogen) atoms. The van der Waals surface area contributed by atoms with Crippen molar-refractivity contribution >= 4 is 34.5 Å². The summed E-state index contributed by atoms with van der Waals surface area (Å²) in [7, 11) is 2.18. The highest BCUT2D eigenvalue weighted by molar-refractivity contribution is 6.09. The second-order valence-corrected chi connectivity index (χ2v) is 15.6. The van der Waals surface area contributed by atoms with E-state index in [9.17, 15) is 9.59 Å². The van der Waals surface area contributed by atoms with Crippen LogP contribution in [0.2, 0.25) is 0 Å². The molecule has 0 unspecified atom stereocenters. The lowest BCUT2D eigenvalue weighted by Gasteiger charge is -2.32. The quantitative estimate of drug-likeness (QED) is 0.185. The highest BCUT2D eigenvalue weighted by atomic mass is 16.5. The minimum atomic E-state index is -0.633. The smallest absolute Gasteiger partial charge is 0.262 e. The van der Waals surface area contributed by atoms with Gasteiger partial charge in [0.15, 0.2) is 0 Å². The number of carbonyl (C=O) groups excluding carboxylic acids is 2. The molecule has 3 aliphatic rings. The molecular weight excluding hydrogens is 651 g/mol. The SMILES string of the molecule is Cc1c(-c2nc(NC(=O)C(C)(C)C)nc3[nH]c(-c4ccc(CN5CCN(C)CC5)cc4)cc23)cccc1N1CCOc2cc(C3CC3)ccc2C1=O. The molecule has 0 radical (unpaired) electrons. The summed E-state index contributed by atoms with van der Waals surface area (Å²) in [5.74, 6) is 1.20. The van der Waals surface area contributed by atoms with Crippen LogP contribution in [0, 0.1) is 12.3 Å². The topological polar surface area (TPSA) is 107 Å². The Labute approximate surface area is 305 Å². The molecule has 10 nitrogen and oxygen atoms in total. The Hall–Kier alpha value is -5.06. The molecule has 0 bridgehead atoms. The second-order valence-electron chi connectivity index (χ2n) is 15.6. The van der Waals surface area contributed by atoms with Gasteiger partial charge in [0.05, 0.1) is 17.8 Å². The van der Waals surface area contributed by atoms with Crippen molar-refractivity contribution in [3.63, 3.8) is 0 Å². The van der Waals surface area contributed by atoms with Crippen LogP contribution in [0.3, 0.4) is 0 Å². The predicted molar refractivity (Wildman–Crippen MR) is 206 cm³/mol. The van der Waals surface area contributed by atoms with Gasteiger partial charge in [-0.2, -0.15) is 4.98 Å². The van der Waals surface area contributed by atoms with Crippen LogP contribution in [0.4, 0.5) is 11.6 Å². The van der Waals surface area contributed by atoms with Gasteiger partial charge in [-0.1, -0.05) is 63.2 Å². The summed E-state index contributed by atoms with van der Waals surface area (Å²) in [4.78, 5) is 47.2. The van der Waals surface area contributed by atoms with Crippen LogP contribution >= 0.6 is 0 Å². The lowest BCUT2D eigenvalue weighted by molar-refractivity contribution is -0.123. The maximum atomic E-state index is 14.1. The zero-order valence-corrected chi connectivity index (χ0v) is 30.8. The van der Waals surface area contributed by atoms with E-state index in [2.05, 4.69) is 63.5 Å². The minimum absolute atomic E-state index is 0.0824. The number of carbonyl (C=O) groups is 2. The molecule has 0 atom stereocenters. The Bertz CT molecular complexity index is 2160. The molecule has 5 aromatic rings. The van der Waals surface area contributed by atoms with E-state index in [4.69, 9.17) is 14.7 Å². The van der Waals surface area contributed by atoms with Gasteiger partial charge in [-0.3, -0.25) is 19.8 Å². The summed E-state index contributed by atoms with van der Waals surface area (Å²) in [6.45, 7) is 13.7. The Kier molecular flexibility index (Phi) is 8.83. The number of fused-ring (bicyclic) bond motifs is 2. The number of rotatable bonds is 7. The molecular formula is C42H47N7O3. The number of H-pyrrole nitrogens is 1. The molecule has 0 spiro atoms. The van der Waals surface area contributed by atoms with E-state index in [0.29, 0.717) is 41.7 Å². The van der Waals surface area contributed by atoms with Crippen molar-refractivity contribution in [2.45, 2.75) is 53.0 Å². The summed E-state index contributed by atoms with van der Waals surface area (Å²) in [5, 5.41) is 3.78. The lowest BCUT2D eigenvalue weighted by Crippen LogP contribution is -2.43. The van der Waals surface area contributed by atoms with E-state index in [-0.39, 0.29) is 17.8 Å². The largest absolute Gasteiger partial charge is 0.491 e. The minimum Gasteiger partial charge on any atom is -0.491 e. The van der Waals surface area contributed by atoms with Crippen LogP contribution in [0.1, 0.15) is 66.6 Å². The Morgan fingerprint density at radius 2 is 1.71 bits per heavy atom. The fourth-order valence-electron chi connectivity index (χ4n) is 7.17. The monoisotopic (exact) mass is 697 g/mol. The lowest BCUT2D eigenvalue weighted by atomic mass is 9.96. The second kappa shape index (κ2) is 13.5. The number of aromatic nitrogens is 3. The van der Waals surface area contributed by atoms with Gasteiger partial charge >= 0.3 is 0 Å². The van der Waals surface area contributed by atoms with Crippen LogP contribution in [0.15, 0.2) is 66.7 Å². The standard InChI is InChI=1S/C42H47N7O3/c1-26-31(7-6-8-35(26)49-21-22-52-36-23-30(28-13-14-28)15-16-32(36)39(49)50)37-33-24-34(43-38(33)45-41(44-37)46-40(51)42(2,3)4)29-11-9-27(10-12-29)25-48-19-17-47(5)18-20-48/h6-12,15-16,23-24,28H,13-14,17-22,25H2,1-5H3,(H2,43,44,45,46,51). The maximum Gasteiger partial charge on any atom is 0.262 e. The number of anilines is 2. The highest BCUT2D eigenvalue weighted by Gasteiger charge is 2.30. The number of aromatic amines is 1. The Balaban J connectivity index is 1.15. The fraction of sp³-hybridized carbons (Fsp3) is 0.381. The van der Waals surface area contributed by atoms with Crippen LogP contribution in [0.5, 0.6) is 5.75 Å². The molecule has 3 aromatic carbocycles. The average molecular weight is 698 g/mol. The van der Waals surface area contributed by atoms with Gasteiger partial charge < -0.3 is 19.5 Å². The number of nitrogens with one attached hydrogen (secondary N) is 2. The van der Waals surface area contributed by atoms with Crippen molar-refractivity contribution in [1.82, 2.24) is 24.8 Å². The summed E-state index contributed by atoms with van der Waals surface area (Å²) in [5.41, 5.74) is 8.26. The summed E-state index contributed by atoms with van der Waals surface area (Å²) in [6.07, 6.45) is 2.38. The van der Waals surface area contributed by atoms with Crippen molar-refractivity contribution in [2.75, 3.05) is 56.6 Å². The first-order chi connectivity index (χ1) is 25.0. The molecule has 10 heteroatoms. The van der Waals surface area contributed by atoms with Crippen LogP contribution in [-0.4, -0.2) is 82.9 Å². The zero-order chi connectivity index (χ0) is 36.1. The number of ether oxygens (including phenoxy) is 1. The molecule has 8 rings (SSSR count). The summed E-state index contributed by atoms with van der Waals surface area (Å²) < 4.78 is 6.14. The molecule has 2 N–H and O–H groups in total. The van der Waals surface area contributed by atoms with Crippen molar-refractivity contribution < 1.29 is 14.3 Å². The first kappa shape index (κ1) is 34.0. The molecule has 1 aliphatic carbocycles.